The highest BCUT2D eigenvalue weighted by Crippen LogP contribution is 2.10. The molecule has 0 atom stereocenters. The normalized spacial score (nSPS) is 10.4. The van der Waals surface area contributed by atoms with Crippen molar-refractivity contribution < 1.29 is 9.90 Å². The molecule has 0 saturated carbocycles. The minimum absolute atomic E-state index is 0.0404. The van der Waals surface area contributed by atoms with Gasteiger partial charge in [0.15, 0.2) is 5.69 Å². The number of pyridine rings is 1. The molecule has 0 radical (unpaired) electrons. The van der Waals surface area contributed by atoms with Crippen LogP contribution < -0.4 is 0 Å². The Morgan fingerprint density at radius 2 is 2.29 bits per heavy atom. The largest absolute Gasteiger partial charge is 0.477 e. The molecule has 0 aliphatic rings. The average Bonchev–Trinajstić information content (AvgIpc) is 2.78. The smallest absolute Gasteiger partial charge is 0.354 e. The summed E-state index contributed by atoms with van der Waals surface area (Å²) < 4.78 is 1.82. The van der Waals surface area contributed by atoms with E-state index in [0.29, 0.717) is 5.82 Å². The van der Waals surface area contributed by atoms with Gasteiger partial charge < -0.3 is 5.11 Å². The zero-order valence-electron chi connectivity index (χ0n) is 9.50. The maximum Gasteiger partial charge on any atom is 0.354 e. The highest BCUT2D eigenvalue weighted by atomic mass is 16.4. The number of aromatic nitrogens is 3. The van der Waals surface area contributed by atoms with Gasteiger partial charge in [0.2, 0.25) is 0 Å². The Kier molecular flexibility index (Phi) is 3.18. The number of nitrogens with zero attached hydrogens (tertiary/aromatic N) is 3. The molecule has 2 aromatic rings. The first-order valence-electron chi connectivity index (χ1n) is 5.45. The van der Waals surface area contributed by atoms with E-state index >= 15 is 0 Å². The lowest BCUT2D eigenvalue weighted by Gasteiger charge is -2.06. The monoisotopic (exact) mass is 231 g/mol. The Balaban J connectivity index is 2.42. The standard InChI is InChI=1S/C12H13N3O2/c1-2-4-10-13-7-8-15(10)11-6-3-5-9(14-11)12(16)17/h3,5-8H,2,4H2,1H3,(H,16,17). The number of rotatable bonds is 4. The summed E-state index contributed by atoms with van der Waals surface area (Å²) in [5.41, 5.74) is 0.0404. The van der Waals surface area contributed by atoms with Crippen LogP contribution in [0.2, 0.25) is 0 Å². The molecule has 2 heterocycles. The molecule has 0 fully saturated rings. The number of hydrogen-bond donors (Lipinski definition) is 1. The van der Waals surface area contributed by atoms with Crippen molar-refractivity contribution in [1.82, 2.24) is 14.5 Å². The van der Waals surface area contributed by atoms with Crippen LogP contribution in [-0.4, -0.2) is 25.6 Å². The van der Waals surface area contributed by atoms with Crippen LogP contribution in [0.15, 0.2) is 30.6 Å². The van der Waals surface area contributed by atoms with Gasteiger partial charge in [0, 0.05) is 18.8 Å². The fourth-order valence-corrected chi connectivity index (χ4v) is 1.63. The molecule has 0 saturated heterocycles. The predicted molar refractivity (Wildman–Crippen MR) is 62.3 cm³/mol. The highest BCUT2D eigenvalue weighted by Gasteiger charge is 2.08. The molecule has 17 heavy (non-hydrogen) atoms. The SMILES string of the molecule is CCCc1nccn1-c1cccc(C(=O)O)n1. The van der Waals surface area contributed by atoms with Crippen LogP contribution >= 0.6 is 0 Å². The number of carboxylic acid groups (broad SMARTS) is 1. The van der Waals surface area contributed by atoms with Gasteiger partial charge in [-0.3, -0.25) is 4.57 Å². The number of carboxylic acids is 1. The molecule has 0 unspecified atom stereocenters. The van der Waals surface area contributed by atoms with E-state index in [0.717, 1.165) is 18.7 Å². The Hall–Kier alpha value is -2.17. The summed E-state index contributed by atoms with van der Waals surface area (Å²) in [6, 6.07) is 4.93. The molecule has 0 amide bonds. The third-order valence-corrected chi connectivity index (χ3v) is 2.39. The van der Waals surface area contributed by atoms with Crippen molar-refractivity contribution in [3.05, 3.63) is 42.1 Å². The second-order valence-corrected chi connectivity index (χ2v) is 3.65. The van der Waals surface area contributed by atoms with Crippen LogP contribution in [0.1, 0.15) is 29.7 Å². The van der Waals surface area contributed by atoms with Crippen molar-refractivity contribution in [3.8, 4) is 5.82 Å². The Morgan fingerprint density at radius 1 is 1.47 bits per heavy atom. The lowest BCUT2D eigenvalue weighted by molar-refractivity contribution is 0.0690. The molecule has 0 bridgehead atoms. The van der Waals surface area contributed by atoms with Crippen LogP contribution in [0.25, 0.3) is 5.82 Å². The number of hydrogen-bond acceptors (Lipinski definition) is 3. The van der Waals surface area contributed by atoms with Crippen LogP contribution in [0, 0.1) is 0 Å². The van der Waals surface area contributed by atoms with Gasteiger partial charge in [0.25, 0.3) is 0 Å². The topological polar surface area (TPSA) is 68.0 Å². The quantitative estimate of drug-likeness (QED) is 0.872. The van der Waals surface area contributed by atoms with E-state index in [-0.39, 0.29) is 5.69 Å². The Labute approximate surface area is 98.8 Å². The summed E-state index contributed by atoms with van der Waals surface area (Å²) in [5, 5.41) is 8.89. The van der Waals surface area contributed by atoms with Gasteiger partial charge in [-0.05, 0) is 18.6 Å². The van der Waals surface area contributed by atoms with E-state index in [4.69, 9.17) is 5.11 Å². The third-order valence-electron chi connectivity index (χ3n) is 2.39. The molecule has 88 valence electrons. The fraction of sp³-hybridized carbons (Fsp3) is 0.250. The number of aromatic carboxylic acids is 1. The highest BCUT2D eigenvalue weighted by molar-refractivity contribution is 5.85. The Morgan fingerprint density at radius 3 is 3.00 bits per heavy atom. The third kappa shape index (κ3) is 2.33. The average molecular weight is 231 g/mol. The van der Waals surface area contributed by atoms with E-state index in [9.17, 15) is 4.79 Å². The van der Waals surface area contributed by atoms with Gasteiger partial charge in [-0.2, -0.15) is 0 Å². The van der Waals surface area contributed by atoms with E-state index < -0.39 is 5.97 Å². The van der Waals surface area contributed by atoms with Crippen molar-refractivity contribution in [2.75, 3.05) is 0 Å². The van der Waals surface area contributed by atoms with Crippen molar-refractivity contribution >= 4 is 5.97 Å². The summed E-state index contributed by atoms with van der Waals surface area (Å²) in [6.07, 6.45) is 5.31. The number of carbonyl (C=O) groups is 1. The molecular weight excluding hydrogens is 218 g/mol. The van der Waals surface area contributed by atoms with Gasteiger partial charge in [0.1, 0.15) is 11.6 Å². The first-order chi connectivity index (χ1) is 8.22. The molecule has 0 aliphatic carbocycles. The van der Waals surface area contributed by atoms with Gasteiger partial charge in [-0.15, -0.1) is 0 Å². The minimum atomic E-state index is -1.02. The zero-order valence-corrected chi connectivity index (χ0v) is 9.50. The fourth-order valence-electron chi connectivity index (χ4n) is 1.63. The van der Waals surface area contributed by atoms with E-state index in [1.54, 1.807) is 24.5 Å². The summed E-state index contributed by atoms with van der Waals surface area (Å²) >= 11 is 0. The zero-order chi connectivity index (χ0) is 12.3. The minimum Gasteiger partial charge on any atom is -0.477 e. The van der Waals surface area contributed by atoms with Gasteiger partial charge >= 0.3 is 5.97 Å². The molecule has 1 N–H and O–H groups in total. The van der Waals surface area contributed by atoms with E-state index in [1.165, 1.54) is 6.07 Å². The summed E-state index contributed by atoms with van der Waals surface area (Å²) in [6.45, 7) is 2.07. The molecule has 2 rings (SSSR count). The van der Waals surface area contributed by atoms with Crippen molar-refractivity contribution in [2.24, 2.45) is 0 Å². The number of aryl methyl sites for hydroxylation is 1. The molecular formula is C12H13N3O2. The van der Waals surface area contributed by atoms with Crippen LogP contribution in [0.5, 0.6) is 0 Å². The van der Waals surface area contributed by atoms with Gasteiger partial charge in [-0.25, -0.2) is 14.8 Å². The maximum absolute atomic E-state index is 10.8. The van der Waals surface area contributed by atoms with Crippen molar-refractivity contribution in [1.29, 1.82) is 0 Å². The van der Waals surface area contributed by atoms with Crippen molar-refractivity contribution in [2.45, 2.75) is 19.8 Å². The second-order valence-electron chi connectivity index (χ2n) is 3.65. The lowest BCUT2D eigenvalue weighted by Crippen LogP contribution is -2.06. The molecule has 5 heteroatoms. The summed E-state index contributed by atoms with van der Waals surface area (Å²) in [5.74, 6) is 0.456. The molecule has 0 aliphatic heterocycles. The molecule has 0 spiro atoms. The molecule has 5 nitrogen and oxygen atoms in total. The summed E-state index contributed by atoms with van der Waals surface area (Å²) in [7, 11) is 0. The maximum atomic E-state index is 10.8. The predicted octanol–water partition coefficient (Wildman–Crippen LogP) is 1.92. The number of imidazole rings is 1. The van der Waals surface area contributed by atoms with Crippen molar-refractivity contribution in [3.63, 3.8) is 0 Å². The van der Waals surface area contributed by atoms with E-state index in [2.05, 4.69) is 16.9 Å². The van der Waals surface area contributed by atoms with Gasteiger partial charge in [-0.1, -0.05) is 13.0 Å². The van der Waals surface area contributed by atoms with Crippen LogP contribution in [-0.2, 0) is 6.42 Å². The first-order valence-corrected chi connectivity index (χ1v) is 5.45. The van der Waals surface area contributed by atoms with Gasteiger partial charge in [0.05, 0.1) is 0 Å². The first kappa shape index (κ1) is 11.3. The van der Waals surface area contributed by atoms with Crippen LogP contribution in [0.4, 0.5) is 0 Å². The molecule has 2 aromatic heterocycles. The second kappa shape index (κ2) is 4.78. The van der Waals surface area contributed by atoms with E-state index in [1.807, 2.05) is 4.57 Å². The summed E-state index contributed by atoms with van der Waals surface area (Å²) in [4.78, 5) is 19.2. The molecule has 0 aromatic carbocycles. The Bertz CT molecular complexity index is 534. The lowest BCUT2D eigenvalue weighted by atomic mass is 10.3. The van der Waals surface area contributed by atoms with Crippen LogP contribution in [0.3, 0.4) is 0 Å².